The Morgan fingerprint density at radius 1 is 1.04 bits per heavy atom. The summed E-state index contributed by atoms with van der Waals surface area (Å²) in [6, 6.07) is 14.4. The maximum Gasteiger partial charge on any atom is 0.411 e. The number of carbonyl (C=O) groups is 2. The molecule has 0 atom stereocenters. The molecule has 3 rings (SSSR count). The highest BCUT2D eigenvalue weighted by molar-refractivity contribution is 6.09. The molecule has 0 aliphatic carbocycles. The lowest BCUT2D eigenvalue weighted by atomic mass is 9.77. The summed E-state index contributed by atoms with van der Waals surface area (Å²) in [5.41, 5.74) is 2.66. The van der Waals surface area contributed by atoms with Gasteiger partial charge in [0.05, 0.1) is 5.69 Å². The van der Waals surface area contributed by atoms with Gasteiger partial charge in [-0.1, -0.05) is 44.2 Å². The first kappa shape index (κ1) is 15.3. The third-order valence-electron chi connectivity index (χ3n) is 4.51. The fourth-order valence-corrected chi connectivity index (χ4v) is 3.06. The predicted molar refractivity (Wildman–Crippen MR) is 89.3 cm³/mol. The molecule has 4 heteroatoms. The van der Waals surface area contributed by atoms with E-state index in [0.29, 0.717) is 23.4 Å². The van der Waals surface area contributed by atoms with Gasteiger partial charge < -0.3 is 5.11 Å². The maximum atomic E-state index is 12.6. The Balaban J connectivity index is 2.07. The van der Waals surface area contributed by atoms with E-state index >= 15 is 0 Å². The van der Waals surface area contributed by atoms with Crippen molar-refractivity contribution < 1.29 is 14.7 Å². The van der Waals surface area contributed by atoms with Gasteiger partial charge in [0, 0.05) is 17.7 Å². The number of anilines is 1. The number of fused-ring (bicyclic) bond motifs is 1. The van der Waals surface area contributed by atoms with E-state index < -0.39 is 6.09 Å². The second kappa shape index (κ2) is 5.54. The molecule has 2 aromatic carbocycles. The third-order valence-corrected chi connectivity index (χ3v) is 4.51. The molecule has 1 N–H and O–H groups in total. The van der Waals surface area contributed by atoms with Crippen LogP contribution < -0.4 is 4.90 Å². The summed E-state index contributed by atoms with van der Waals surface area (Å²) >= 11 is 0. The number of nitrogens with zero attached hydrogens (tertiary/aromatic N) is 1. The quantitative estimate of drug-likeness (QED) is 0.850. The van der Waals surface area contributed by atoms with Gasteiger partial charge in [0.1, 0.15) is 0 Å². The minimum atomic E-state index is -0.955. The molecule has 0 radical (unpaired) electrons. The summed E-state index contributed by atoms with van der Waals surface area (Å²) in [4.78, 5) is 25.4. The summed E-state index contributed by atoms with van der Waals surface area (Å²) < 4.78 is 0. The molecule has 0 fully saturated rings. The number of hydrogen-bond donors (Lipinski definition) is 1. The summed E-state index contributed by atoms with van der Waals surface area (Å²) in [7, 11) is 0. The SMILES string of the molecule is CC1(C)CCN(C(=O)O)c2ccc(C(=O)c3ccccc3)cc21. The molecule has 0 spiro atoms. The highest BCUT2D eigenvalue weighted by atomic mass is 16.4. The van der Waals surface area contributed by atoms with Crippen molar-refractivity contribution in [2.24, 2.45) is 0 Å². The van der Waals surface area contributed by atoms with Crippen LogP contribution in [-0.4, -0.2) is 23.5 Å². The second-order valence-electron chi connectivity index (χ2n) is 6.50. The van der Waals surface area contributed by atoms with Crippen molar-refractivity contribution in [3.05, 3.63) is 65.2 Å². The Morgan fingerprint density at radius 3 is 2.39 bits per heavy atom. The van der Waals surface area contributed by atoms with Gasteiger partial charge >= 0.3 is 6.09 Å². The molecule has 0 bridgehead atoms. The van der Waals surface area contributed by atoms with Gasteiger partial charge in [0.25, 0.3) is 0 Å². The molecule has 1 aliphatic heterocycles. The normalized spacial score (nSPS) is 15.8. The van der Waals surface area contributed by atoms with Crippen LogP contribution in [0, 0.1) is 0 Å². The molecule has 23 heavy (non-hydrogen) atoms. The largest absolute Gasteiger partial charge is 0.465 e. The first-order valence-electron chi connectivity index (χ1n) is 7.65. The van der Waals surface area contributed by atoms with Gasteiger partial charge in [0.15, 0.2) is 5.78 Å². The van der Waals surface area contributed by atoms with Crippen LogP contribution in [0.25, 0.3) is 0 Å². The summed E-state index contributed by atoms with van der Waals surface area (Å²) in [5, 5.41) is 9.37. The molecular weight excluding hydrogens is 290 g/mol. The average Bonchev–Trinajstić information content (AvgIpc) is 2.54. The molecule has 0 saturated heterocycles. The maximum absolute atomic E-state index is 12.6. The molecule has 4 nitrogen and oxygen atoms in total. The van der Waals surface area contributed by atoms with Crippen LogP contribution in [0.5, 0.6) is 0 Å². The Morgan fingerprint density at radius 2 is 1.74 bits per heavy atom. The lowest BCUT2D eigenvalue weighted by Crippen LogP contribution is -2.40. The van der Waals surface area contributed by atoms with Crippen LogP contribution in [0.2, 0.25) is 0 Å². The molecule has 0 unspecified atom stereocenters. The lowest BCUT2D eigenvalue weighted by molar-refractivity contribution is 0.103. The number of carboxylic acid groups (broad SMARTS) is 1. The predicted octanol–water partition coefficient (Wildman–Crippen LogP) is 4.08. The van der Waals surface area contributed by atoms with E-state index in [9.17, 15) is 14.7 Å². The number of amides is 1. The van der Waals surface area contributed by atoms with E-state index in [1.165, 1.54) is 4.90 Å². The molecule has 0 aromatic heterocycles. The zero-order valence-corrected chi connectivity index (χ0v) is 13.2. The zero-order valence-electron chi connectivity index (χ0n) is 13.2. The summed E-state index contributed by atoms with van der Waals surface area (Å²) in [5.74, 6) is -0.0448. The van der Waals surface area contributed by atoms with Crippen molar-refractivity contribution in [3.63, 3.8) is 0 Å². The van der Waals surface area contributed by atoms with E-state index in [1.807, 2.05) is 24.3 Å². The summed E-state index contributed by atoms with van der Waals surface area (Å²) in [6.07, 6.45) is -0.223. The topological polar surface area (TPSA) is 57.6 Å². The van der Waals surface area contributed by atoms with Crippen LogP contribution in [0.1, 0.15) is 41.8 Å². The van der Waals surface area contributed by atoms with Gasteiger partial charge in [0.2, 0.25) is 0 Å². The fraction of sp³-hybridized carbons (Fsp3) is 0.263. The van der Waals surface area contributed by atoms with Gasteiger partial charge in [-0.05, 0) is 35.6 Å². The monoisotopic (exact) mass is 309 g/mol. The average molecular weight is 309 g/mol. The van der Waals surface area contributed by atoms with Crippen LogP contribution in [0.15, 0.2) is 48.5 Å². The Kier molecular flexibility index (Phi) is 3.68. The second-order valence-corrected chi connectivity index (χ2v) is 6.50. The van der Waals surface area contributed by atoms with Crippen molar-refractivity contribution in [2.75, 3.05) is 11.4 Å². The van der Waals surface area contributed by atoms with E-state index in [2.05, 4.69) is 13.8 Å². The molecule has 0 saturated carbocycles. The van der Waals surface area contributed by atoms with Crippen LogP contribution in [0.4, 0.5) is 10.5 Å². The number of hydrogen-bond acceptors (Lipinski definition) is 2. The number of benzene rings is 2. The number of ketones is 1. The minimum Gasteiger partial charge on any atom is -0.465 e. The molecule has 1 amide bonds. The highest BCUT2D eigenvalue weighted by Crippen LogP contribution is 2.40. The molecule has 2 aromatic rings. The van der Waals surface area contributed by atoms with Crippen LogP contribution in [-0.2, 0) is 5.41 Å². The Bertz CT molecular complexity index is 765. The number of rotatable bonds is 2. The molecule has 118 valence electrons. The molecule has 1 heterocycles. The first-order valence-corrected chi connectivity index (χ1v) is 7.65. The van der Waals surface area contributed by atoms with E-state index in [0.717, 1.165) is 12.0 Å². The fourth-order valence-electron chi connectivity index (χ4n) is 3.06. The standard InChI is InChI=1S/C19H19NO3/c1-19(2)10-11-20(18(22)23)16-9-8-14(12-15(16)19)17(21)13-6-4-3-5-7-13/h3-9,12H,10-11H2,1-2H3,(H,22,23). The third kappa shape index (κ3) is 2.72. The zero-order chi connectivity index (χ0) is 16.6. The summed E-state index contributed by atoms with van der Waals surface area (Å²) in [6.45, 7) is 4.64. The van der Waals surface area contributed by atoms with E-state index in [4.69, 9.17) is 0 Å². The number of carbonyl (C=O) groups excluding carboxylic acids is 1. The minimum absolute atomic E-state index is 0.0448. The van der Waals surface area contributed by atoms with Crippen molar-refractivity contribution in [2.45, 2.75) is 25.7 Å². The van der Waals surface area contributed by atoms with Gasteiger partial charge in [-0.3, -0.25) is 9.69 Å². The lowest BCUT2D eigenvalue weighted by Gasteiger charge is -2.38. The van der Waals surface area contributed by atoms with E-state index in [-0.39, 0.29) is 11.2 Å². The Hall–Kier alpha value is -2.62. The van der Waals surface area contributed by atoms with Crippen molar-refractivity contribution >= 4 is 17.6 Å². The van der Waals surface area contributed by atoms with Crippen LogP contribution in [0.3, 0.4) is 0 Å². The van der Waals surface area contributed by atoms with Gasteiger partial charge in [-0.15, -0.1) is 0 Å². The van der Waals surface area contributed by atoms with Crippen molar-refractivity contribution in [3.8, 4) is 0 Å². The van der Waals surface area contributed by atoms with Crippen LogP contribution >= 0.6 is 0 Å². The highest BCUT2D eigenvalue weighted by Gasteiger charge is 2.34. The van der Waals surface area contributed by atoms with E-state index in [1.54, 1.807) is 24.3 Å². The molecule has 1 aliphatic rings. The van der Waals surface area contributed by atoms with Crippen molar-refractivity contribution in [1.82, 2.24) is 0 Å². The first-order chi connectivity index (χ1) is 10.9. The van der Waals surface area contributed by atoms with Crippen molar-refractivity contribution in [1.29, 1.82) is 0 Å². The molecular formula is C19H19NO3. The van der Waals surface area contributed by atoms with Gasteiger partial charge in [-0.25, -0.2) is 4.79 Å². The van der Waals surface area contributed by atoms with Gasteiger partial charge in [-0.2, -0.15) is 0 Å². The Labute approximate surface area is 135 Å². The smallest absolute Gasteiger partial charge is 0.411 e.